The Morgan fingerprint density at radius 2 is 1.71 bits per heavy atom. The molecule has 152 valence electrons. The minimum absolute atomic E-state index is 0.132. The molecule has 28 heavy (non-hydrogen) atoms. The van der Waals surface area contributed by atoms with Crippen LogP contribution >= 0.6 is 0 Å². The molecule has 1 atom stereocenters. The smallest absolute Gasteiger partial charge is 0.261 e. The number of benzene rings is 2. The lowest BCUT2D eigenvalue weighted by molar-refractivity contribution is -0.127. The van der Waals surface area contributed by atoms with Crippen molar-refractivity contribution in [2.45, 2.75) is 52.1 Å². The zero-order chi connectivity index (χ0) is 20.7. The molecule has 0 unspecified atom stereocenters. The molecular weight excluding hydrogens is 376 g/mol. The van der Waals surface area contributed by atoms with Crippen molar-refractivity contribution in [2.75, 3.05) is 0 Å². The highest BCUT2D eigenvalue weighted by Crippen LogP contribution is 2.15. The van der Waals surface area contributed by atoms with E-state index in [4.69, 9.17) is 4.74 Å². The number of nitrogens with one attached hydrogen (secondary N) is 2. The number of aryl methyl sites for hydroxylation is 1. The van der Waals surface area contributed by atoms with Crippen molar-refractivity contribution < 1.29 is 17.9 Å². The van der Waals surface area contributed by atoms with E-state index in [0.717, 1.165) is 11.1 Å². The summed E-state index contributed by atoms with van der Waals surface area (Å²) >= 11 is 0. The molecule has 0 fully saturated rings. The van der Waals surface area contributed by atoms with Gasteiger partial charge >= 0.3 is 0 Å². The Kier molecular flexibility index (Phi) is 7.60. The maximum absolute atomic E-state index is 12.4. The van der Waals surface area contributed by atoms with Gasteiger partial charge in [0.05, 0.1) is 5.75 Å². The van der Waals surface area contributed by atoms with Crippen LogP contribution in [0.3, 0.4) is 0 Å². The Hall–Kier alpha value is -2.38. The summed E-state index contributed by atoms with van der Waals surface area (Å²) in [5.41, 5.74) is 2.46. The summed E-state index contributed by atoms with van der Waals surface area (Å²) in [5.74, 6) is 0.236. The van der Waals surface area contributed by atoms with Gasteiger partial charge in [-0.3, -0.25) is 4.79 Å². The highest BCUT2D eigenvalue weighted by atomic mass is 32.2. The van der Waals surface area contributed by atoms with E-state index in [0.29, 0.717) is 11.3 Å². The number of rotatable bonds is 9. The Morgan fingerprint density at radius 1 is 1.04 bits per heavy atom. The molecule has 0 radical (unpaired) electrons. The SMILES string of the molecule is Cc1cccc(O[C@H](C)C(=O)NCc2ccccc2CS(=O)(=O)NC(C)C)c1. The van der Waals surface area contributed by atoms with Gasteiger partial charge in [0.25, 0.3) is 5.91 Å². The van der Waals surface area contributed by atoms with Crippen LogP contribution in [0.5, 0.6) is 5.75 Å². The number of carbonyl (C=O) groups excluding carboxylic acids is 1. The number of hydrogen-bond donors (Lipinski definition) is 2. The van der Waals surface area contributed by atoms with Gasteiger partial charge in [-0.2, -0.15) is 0 Å². The summed E-state index contributed by atoms with van der Waals surface area (Å²) in [4.78, 5) is 12.4. The Morgan fingerprint density at radius 3 is 2.36 bits per heavy atom. The van der Waals surface area contributed by atoms with Crippen molar-refractivity contribution in [3.8, 4) is 5.75 Å². The van der Waals surface area contributed by atoms with Crippen LogP contribution in [0.15, 0.2) is 48.5 Å². The predicted octanol–water partition coefficient (Wildman–Crippen LogP) is 2.91. The Labute approximate surface area is 167 Å². The average Bonchev–Trinajstić information content (AvgIpc) is 2.59. The summed E-state index contributed by atoms with van der Waals surface area (Å²) in [6.45, 7) is 7.42. The van der Waals surface area contributed by atoms with Crippen LogP contribution in [0.1, 0.15) is 37.5 Å². The zero-order valence-electron chi connectivity index (χ0n) is 16.7. The first kappa shape index (κ1) is 21.9. The van der Waals surface area contributed by atoms with Gasteiger partial charge in [0.15, 0.2) is 6.10 Å². The fraction of sp³-hybridized carbons (Fsp3) is 0.381. The Bertz CT molecular complexity index is 910. The summed E-state index contributed by atoms with van der Waals surface area (Å²) in [7, 11) is -3.44. The lowest BCUT2D eigenvalue weighted by Crippen LogP contribution is -2.36. The summed E-state index contributed by atoms with van der Waals surface area (Å²) in [6, 6.07) is 14.5. The second kappa shape index (κ2) is 9.71. The molecular formula is C21H28N2O4S. The van der Waals surface area contributed by atoms with E-state index in [2.05, 4.69) is 10.0 Å². The highest BCUT2D eigenvalue weighted by Gasteiger charge is 2.17. The largest absolute Gasteiger partial charge is 0.481 e. The van der Waals surface area contributed by atoms with Crippen LogP contribution < -0.4 is 14.8 Å². The number of amides is 1. The van der Waals surface area contributed by atoms with Crippen LogP contribution in [-0.2, 0) is 27.1 Å². The molecule has 6 nitrogen and oxygen atoms in total. The van der Waals surface area contributed by atoms with Crippen molar-refractivity contribution in [3.05, 3.63) is 65.2 Å². The molecule has 0 aliphatic rings. The van der Waals surface area contributed by atoms with Crippen LogP contribution in [0, 0.1) is 6.92 Å². The summed E-state index contributed by atoms with van der Waals surface area (Å²) in [5, 5.41) is 2.82. The third-order valence-electron chi connectivity index (χ3n) is 4.00. The first-order valence-corrected chi connectivity index (χ1v) is 10.9. The molecule has 0 aliphatic heterocycles. The van der Waals surface area contributed by atoms with Gasteiger partial charge in [-0.25, -0.2) is 13.1 Å². The fourth-order valence-corrected chi connectivity index (χ4v) is 4.24. The third-order valence-corrected chi connectivity index (χ3v) is 5.53. The first-order chi connectivity index (χ1) is 13.2. The van der Waals surface area contributed by atoms with E-state index in [-0.39, 0.29) is 24.2 Å². The molecule has 1 amide bonds. The molecule has 7 heteroatoms. The van der Waals surface area contributed by atoms with Gasteiger partial charge in [0.1, 0.15) is 5.75 Å². The summed E-state index contributed by atoms with van der Waals surface area (Å²) < 4.78 is 32.7. The third kappa shape index (κ3) is 6.98. The Balaban J connectivity index is 1.99. The van der Waals surface area contributed by atoms with Crippen LogP contribution in [0.2, 0.25) is 0 Å². The van der Waals surface area contributed by atoms with Gasteiger partial charge in [-0.15, -0.1) is 0 Å². The second-order valence-corrected chi connectivity index (χ2v) is 8.85. The van der Waals surface area contributed by atoms with Gasteiger partial charge in [0, 0.05) is 12.6 Å². The van der Waals surface area contributed by atoms with E-state index in [1.54, 1.807) is 39.0 Å². The van der Waals surface area contributed by atoms with E-state index in [9.17, 15) is 13.2 Å². The molecule has 0 heterocycles. The molecule has 0 bridgehead atoms. The van der Waals surface area contributed by atoms with E-state index < -0.39 is 16.1 Å². The highest BCUT2D eigenvalue weighted by molar-refractivity contribution is 7.88. The molecule has 0 saturated carbocycles. The number of carbonyl (C=O) groups is 1. The van der Waals surface area contributed by atoms with Crippen molar-refractivity contribution in [1.82, 2.24) is 10.0 Å². The van der Waals surface area contributed by atoms with E-state index in [1.807, 2.05) is 37.3 Å². The van der Waals surface area contributed by atoms with Crippen molar-refractivity contribution in [2.24, 2.45) is 0 Å². The average molecular weight is 405 g/mol. The summed E-state index contributed by atoms with van der Waals surface area (Å²) in [6.07, 6.45) is -0.666. The molecule has 0 spiro atoms. The normalized spacial score (nSPS) is 12.6. The van der Waals surface area contributed by atoms with Crippen molar-refractivity contribution in [3.63, 3.8) is 0 Å². The number of hydrogen-bond acceptors (Lipinski definition) is 4. The van der Waals surface area contributed by atoms with E-state index >= 15 is 0 Å². The molecule has 2 aromatic rings. The lowest BCUT2D eigenvalue weighted by atomic mass is 10.1. The molecule has 2 rings (SSSR count). The van der Waals surface area contributed by atoms with Crippen LogP contribution in [-0.4, -0.2) is 26.5 Å². The minimum atomic E-state index is -3.44. The monoisotopic (exact) mass is 404 g/mol. The quantitative estimate of drug-likeness (QED) is 0.673. The molecule has 0 aliphatic carbocycles. The molecule has 0 aromatic heterocycles. The van der Waals surface area contributed by atoms with Gasteiger partial charge in [-0.05, 0) is 56.5 Å². The van der Waals surface area contributed by atoms with Crippen LogP contribution in [0.25, 0.3) is 0 Å². The van der Waals surface area contributed by atoms with Gasteiger partial charge in [-0.1, -0.05) is 36.4 Å². The maximum atomic E-state index is 12.4. The van der Waals surface area contributed by atoms with Crippen molar-refractivity contribution >= 4 is 15.9 Å². The van der Waals surface area contributed by atoms with Gasteiger partial charge < -0.3 is 10.1 Å². The lowest BCUT2D eigenvalue weighted by Gasteiger charge is -2.16. The molecule has 2 N–H and O–H groups in total. The standard InChI is InChI=1S/C21H28N2O4S/c1-15(2)23-28(25,26)14-19-10-6-5-9-18(19)13-22-21(24)17(4)27-20-11-7-8-16(3)12-20/h5-12,15,17,23H,13-14H2,1-4H3,(H,22,24)/t17-/m1/s1. The number of ether oxygens (including phenoxy) is 1. The fourth-order valence-electron chi connectivity index (χ4n) is 2.75. The van der Waals surface area contributed by atoms with Crippen molar-refractivity contribution in [1.29, 1.82) is 0 Å². The predicted molar refractivity (Wildman–Crippen MR) is 110 cm³/mol. The minimum Gasteiger partial charge on any atom is -0.481 e. The van der Waals surface area contributed by atoms with E-state index in [1.165, 1.54) is 0 Å². The number of sulfonamides is 1. The topological polar surface area (TPSA) is 84.5 Å². The van der Waals surface area contributed by atoms with Gasteiger partial charge in [0.2, 0.25) is 10.0 Å². The second-order valence-electron chi connectivity index (χ2n) is 7.09. The molecule has 0 saturated heterocycles. The van der Waals surface area contributed by atoms with Crippen LogP contribution in [0.4, 0.5) is 0 Å². The zero-order valence-corrected chi connectivity index (χ0v) is 17.5. The maximum Gasteiger partial charge on any atom is 0.261 e. The first-order valence-electron chi connectivity index (χ1n) is 9.24. The molecule has 2 aromatic carbocycles.